The Bertz CT molecular complexity index is 484. The highest BCUT2D eigenvalue weighted by Gasteiger charge is 2.04. The van der Waals surface area contributed by atoms with Gasteiger partial charge in [-0.2, -0.15) is 0 Å². The molecule has 0 saturated heterocycles. The second-order valence-corrected chi connectivity index (χ2v) is 3.39. The molecule has 0 radical (unpaired) electrons. The van der Waals surface area contributed by atoms with E-state index < -0.39 is 0 Å². The molecule has 17 heavy (non-hydrogen) atoms. The van der Waals surface area contributed by atoms with Crippen LogP contribution in [0.3, 0.4) is 0 Å². The van der Waals surface area contributed by atoms with Crippen molar-refractivity contribution < 1.29 is 9.15 Å². The Kier molecular flexibility index (Phi) is 3.54. The van der Waals surface area contributed by atoms with Crippen molar-refractivity contribution in [3.63, 3.8) is 0 Å². The minimum atomic E-state index is 0.536. The van der Waals surface area contributed by atoms with Gasteiger partial charge in [0.05, 0.1) is 18.8 Å². The molecule has 6 nitrogen and oxygen atoms in total. The largest absolute Gasteiger partial charge is 0.478 e. The van der Waals surface area contributed by atoms with Gasteiger partial charge in [0.15, 0.2) is 6.39 Å². The van der Waals surface area contributed by atoms with Crippen LogP contribution in [0.5, 0.6) is 5.88 Å². The van der Waals surface area contributed by atoms with Crippen LogP contribution in [0, 0.1) is 6.92 Å². The summed E-state index contributed by atoms with van der Waals surface area (Å²) >= 11 is 0. The van der Waals surface area contributed by atoms with Gasteiger partial charge in [0.25, 0.3) is 0 Å². The lowest BCUT2D eigenvalue weighted by molar-refractivity contribution is 0.326. The normalized spacial score (nSPS) is 10.2. The standard InChI is InChI=1S/C11H14N4O2/c1-3-16-11-4-10(13-6-14-11)12-5-9-8(2)15-7-17-9/h4,6-7H,3,5H2,1-2H3,(H,12,13,14). The summed E-state index contributed by atoms with van der Waals surface area (Å²) < 4.78 is 10.5. The number of hydrogen-bond acceptors (Lipinski definition) is 6. The van der Waals surface area contributed by atoms with Crippen LogP contribution < -0.4 is 10.1 Å². The Morgan fingerprint density at radius 2 is 2.24 bits per heavy atom. The van der Waals surface area contributed by atoms with Crippen LogP contribution in [0.2, 0.25) is 0 Å². The first-order chi connectivity index (χ1) is 8.29. The molecule has 0 unspecified atom stereocenters. The summed E-state index contributed by atoms with van der Waals surface area (Å²) in [5, 5.41) is 3.12. The number of nitrogens with one attached hydrogen (secondary N) is 1. The predicted octanol–water partition coefficient (Wildman–Crippen LogP) is 1.78. The van der Waals surface area contributed by atoms with Crippen LogP contribution in [0.15, 0.2) is 23.2 Å². The lowest BCUT2D eigenvalue weighted by Crippen LogP contribution is -2.03. The Morgan fingerprint density at radius 1 is 1.35 bits per heavy atom. The fraction of sp³-hybridized carbons (Fsp3) is 0.364. The molecule has 0 aromatic carbocycles. The molecule has 2 aromatic rings. The molecular formula is C11H14N4O2. The summed E-state index contributed by atoms with van der Waals surface area (Å²) in [4.78, 5) is 12.1. The van der Waals surface area contributed by atoms with E-state index in [0.717, 1.165) is 11.5 Å². The molecule has 0 amide bonds. The fourth-order valence-electron chi connectivity index (χ4n) is 1.33. The topological polar surface area (TPSA) is 73.1 Å². The zero-order chi connectivity index (χ0) is 12.1. The highest BCUT2D eigenvalue weighted by molar-refractivity contribution is 5.37. The lowest BCUT2D eigenvalue weighted by atomic mass is 10.3. The predicted molar refractivity (Wildman–Crippen MR) is 61.8 cm³/mol. The summed E-state index contributed by atoms with van der Waals surface area (Å²) in [6.45, 7) is 4.92. The van der Waals surface area contributed by atoms with Crippen molar-refractivity contribution in [2.24, 2.45) is 0 Å². The summed E-state index contributed by atoms with van der Waals surface area (Å²) in [5.41, 5.74) is 0.872. The number of rotatable bonds is 5. The Hall–Kier alpha value is -2.11. The molecule has 0 spiro atoms. The number of ether oxygens (including phenoxy) is 1. The number of aromatic nitrogens is 3. The molecule has 6 heteroatoms. The van der Waals surface area contributed by atoms with Gasteiger partial charge in [-0.15, -0.1) is 0 Å². The van der Waals surface area contributed by atoms with E-state index in [2.05, 4.69) is 20.3 Å². The molecular weight excluding hydrogens is 220 g/mol. The van der Waals surface area contributed by atoms with Gasteiger partial charge in [-0.05, 0) is 13.8 Å². The second kappa shape index (κ2) is 5.29. The third kappa shape index (κ3) is 2.93. The number of oxazole rings is 1. The zero-order valence-electron chi connectivity index (χ0n) is 9.80. The van der Waals surface area contributed by atoms with E-state index in [-0.39, 0.29) is 0 Å². The number of anilines is 1. The van der Waals surface area contributed by atoms with Gasteiger partial charge in [0.1, 0.15) is 17.9 Å². The lowest BCUT2D eigenvalue weighted by Gasteiger charge is -2.05. The molecule has 0 atom stereocenters. The average molecular weight is 234 g/mol. The van der Waals surface area contributed by atoms with E-state index in [1.54, 1.807) is 6.07 Å². The first-order valence-corrected chi connectivity index (χ1v) is 5.37. The van der Waals surface area contributed by atoms with Crippen molar-refractivity contribution in [2.75, 3.05) is 11.9 Å². The second-order valence-electron chi connectivity index (χ2n) is 3.39. The van der Waals surface area contributed by atoms with E-state index >= 15 is 0 Å². The Morgan fingerprint density at radius 3 is 2.94 bits per heavy atom. The fourth-order valence-corrected chi connectivity index (χ4v) is 1.33. The Balaban J connectivity index is 1.99. The SMILES string of the molecule is CCOc1cc(NCc2ocnc2C)ncn1. The third-order valence-corrected chi connectivity index (χ3v) is 2.21. The maximum Gasteiger partial charge on any atom is 0.218 e. The van der Waals surface area contributed by atoms with Crippen LogP contribution in [0.4, 0.5) is 5.82 Å². The van der Waals surface area contributed by atoms with Crippen molar-refractivity contribution in [3.05, 3.63) is 30.2 Å². The van der Waals surface area contributed by atoms with Gasteiger partial charge in [-0.3, -0.25) is 0 Å². The van der Waals surface area contributed by atoms with E-state index in [1.165, 1.54) is 12.7 Å². The van der Waals surface area contributed by atoms with Crippen LogP contribution in [-0.2, 0) is 6.54 Å². The molecule has 0 saturated carbocycles. The van der Waals surface area contributed by atoms with Gasteiger partial charge in [-0.25, -0.2) is 15.0 Å². The molecule has 1 N–H and O–H groups in total. The summed E-state index contributed by atoms with van der Waals surface area (Å²) in [5.74, 6) is 2.04. The van der Waals surface area contributed by atoms with Crippen molar-refractivity contribution in [3.8, 4) is 5.88 Å². The van der Waals surface area contributed by atoms with Crippen LogP contribution >= 0.6 is 0 Å². The number of nitrogens with zero attached hydrogens (tertiary/aromatic N) is 3. The molecule has 2 heterocycles. The van der Waals surface area contributed by atoms with Crippen molar-refractivity contribution in [1.82, 2.24) is 15.0 Å². The molecule has 2 rings (SSSR count). The maximum atomic E-state index is 5.28. The van der Waals surface area contributed by atoms with Crippen molar-refractivity contribution in [2.45, 2.75) is 20.4 Å². The van der Waals surface area contributed by atoms with Gasteiger partial charge in [0.2, 0.25) is 5.88 Å². The number of hydrogen-bond donors (Lipinski definition) is 1. The van der Waals surface area contributed by atoms with Gasteiger partial charge in [-0.1, -0.05) is 0 Å². The minimum Gasteiger partial charge on any atom is -0.478 e. The monoisotopic (exact) mass is 234 g/mol. The molecule has 0 fully saturated rings. The average Bonchev–Trinajstić information content (AvgIpc) is 2.73. The first-order valence-electron chi connectivity index (χ1n) is 5.37. The highest BCUT2D eigenvalue weighted by atomic mass is 16.5. The smallest absolute Gasteiger partial charge is 0.218 e. The van der Waals surface area contributed by atoms with E-state index in [9.17, 15) is 0 Å². The van der Waals surface area contributed by atoms with E-state index in [4.69, 9.17) is 9.15 Å². The summed E-state index contributed by atoms with van der Waals surface area (Å²) in [6.07, 6.45) is 2.89. The molecule has 2 aromatic heterocycles. The molecule has 90 valence electrons. The molecule has 0 aliphatic carbocycles. The third-order valence-electron chi connectivity index (χ3n) is 2.21. The molecule has 0 aliphatic heterocycles. The van der Waals surface area contributed by atoms with E-state index in [1.807, 2.05) is 13.8 Å². The van der Waals surface area contributed by atoms with Crippen LogP contribution in [0.25, 0.3) is 0 Å². The minimum absolute atomic E-state index is 0.536. The van der Waals surface area contributed by atoms with Crippen molar-refractivity contribution in [1.29, 1.82) is 0 Å². The summed E-state index contributed by atoms with van der Waals surface area (Å²) in [7, 11) is 0. The zero-order valence-corrected chi connectivity index (χ0v) is 9.80. The summed E-state index contributed by atoms with van der Waals surface area (Å²) in [6, 6.07) is 1.75. The first kappa shape index (κ1) is 11.4. The van der Waals surface area contributed by atoms with Gasteiger partial charge >= 0.3 is 0 Å². The highest BCUT2D eigenvalue weighted by Crippen LogP contribution is 2.13. The van der Waals surface area contributed by atoms with Gasteiger partial charge in [0, 0.05) is 6.07 Å². The van der Waals surface area contributed by atoms with Gasteiger partial charge < -0.3 is 14.5 Å². The van der Waals surface area contributed by atoms with Crippen LogP contribution in [0.1, 0.15) is 18.4 Å². The number of aryl methyl sites for hydroxylation is 1. The Labute approximate surface area is 99.1 Å². The van der Waals surface area contributed by atoms with Crippen molar-refractivity contribution >= 4 is 5.82 Å². The van der Waals surface area contributed by atoms with E-state index in [0.29, 0.717) is 24.8 Å². The quantitative estimate of drug-likeness (QED) is 0.850. The molecule has 0 aliphatic rings. The van der Waals surface area contributed by atoms with Crippen LogP contribution in [-0.4, -0.2) is 21.6 Å². The molecule has 0 bridgehead atoms. The maximum absolute atomic E-state index is 5.28.